The number of rotatable bonds is 5. The Morgan fingerprint density at radius 3 is 2.28 bits per heavy atom. The third kappa shape index (κ3) is 3.57. The summed E-state index contributed by atoms with van der Waals surface area (Å²) in [6.07, 6.45) is 1.83. The fraction of sp³-hybridized carbons (Fsp3) is 0.533. The maximum Gasteiger partial charge on any atom is 0.231 e. The minimum absolute atomic E-state index is 0.0687. The molecule has 0 fully saturated rings. The highest BCUT2D eigenvalue weighted by molar-refractivity contribution is 5.94. The molecule has 18 heavy (non-hydrogen) atoms. The van der Waals surface area contributed by atoms with E-state index in [9.17, 15) is 4.79 Å². The Hall–Kier alpha value is -1.35. The van der Waals surface area contributed by atoms with Crippen LogP contribution < -0.4 is 10.6 Å². The molecule has 0 bridgehead atoms. The zero-order chi connectivity index (χ0) is 13.7. The first-order valence-corrected chi connectivity index (χ1v) is 6.55. The second kappa shape index (κ2) is 6.55. The Morgan fingerprint density at radius 2 is 1.83 bits per heavy atom. The number of carbonyl (C=O) groups is 1. The van der Waals surface area contributed by atoms with E-state index in [1.54, 1.807) is 4.90 Å². The molecule has 1 aromatic rings. The SMILES string of the molecule is CCCC(CN)C(=O)N(C)c1cc(C)cc(C)c1. The van der Waals surface area contributed by atoms with Crippen molar-refractivity contribution in [3.8, 4) is 0 Å². The molecule has 1 aromatic carbocycles. The predicted octanol–water partition coefficient (Wildman–Crippen LogP) is 2.64. The Kier molecular flexibility index (Phi) is 5.35. The maximum absolute atomic E-state index is 12.3. The van der Waals surface area contributed by atoms with Gasteiger partial charge in [-0.2, -0.15) is 0 Å². The minimum Gasteiger partial charge on any atom is -0.330 e. The summed E-state index contributed by atoms with van der Waals surface area (Å²) in [5, 5.41) is 0. The van der Waals surface area contributed by atoms with Crippen molar-refractivity contribution in [1.29, 1.82) is 0 Å². The smallest absolute Gasteiger partial charge is 0.231 e. The lowest BCUT2D eigenvalue weighted by molar-refractivity contribution is -0.122. The lowest BCUT2D eigenvalue weighted by Gasteiger charge is -2.23. The molecule has 0 saturated heterocycles. The van der Waals surface area contributed by atoms with Crippen LogP contribution in [0, 0.1) is 19.8 Å². The quantitative estimate of drug-likeness (QED) is 0.870. The Balaban J connectivity index is 2.91. The molecule has 0 aliphatic heterocycles. The van der Waals surface area contributed by atoms with Gasteiger partial charge >= 0.3 is 0 Å². The average molecular weight is 248 g/mol. The lowest BCUT2D eigenvalue weighted by Crippen LogP contribution is -2.36. The summed E-state index contributed by atoms with van der Waals surface area (Å²) in [4.78, 5) is 14.1. The molecule has 0 aliphatic rings. The molecule has 1 unspecified atom stereocenters. The highest BCUT2D eigenvalue weighted by Crippen LogP contribution is 2.20. The van der Waals surface area contributed by atoms with Crippen LogP contribution in [-0.2, 0) is 4.79 Å². The molecule has 0 aromatic heterocycles. The summed E-state index contributed by atoms with van der Waals surface area (Å²) in [5.74, 6) is 0.0465. The predicted molar refractivity (Wildman–Crippen MR) is 76.8 cm³/mol. The van der Waals surface area contributed by atoms with Crippen LogP contribution in [0.25, 0.3) is 0 Å². The lowest BCUT2D eigenvalue weighted by atomic mass is 10.0. The van der Waals surface area contributed by atoms with Crippen molar-refractivity contribution < 1.29 is 4.79 Å². The Labute approximate surface area is 110 Å². The van der Waals surface area contributed by atoms with Gasteiger partial charge in [-0.15, -0.1) is 0 Å². The number of nitrogens with zero attached hydrogens (tertiary/aromatic N) is 1. The van der Waals surface area contributed by atoms with E-state index in [1.165, 1.54) is 11.1 Å². The maximum atomic E-state index is 12.3. The van der Waals surface area contributed by atoms with Crippen molar-refractivity contribution in [3.63, 3.8) is 0 Å². The van der Waals surface area contributed by atoms with Gasteiger partial charge in [-0.05, 0) is 43.5 Å². The topological polar surface area (TPSA) is 46.3 Å². The summed E-state index contributed by atoms with van der Waals surface area (Å²) in [7, 11) is 1.83. The molecule has 0 radical (unpaired) electrons. The van der Waals surface area contributed by atoms with Crippen LogP contribution >= 0.6 is 0 Å². The number of hydrogen-bond acceptors (Lipinski definition) is 2. The van der Waals surface area contributed by atoms with Crippen LogP contribution in [0.15, 0.2) is 18.2 Å². The third-order valence-electron chi connectivity index (χ3n) is 3.20. The number of carbonyl (C=O) groups excluding carboxylic acids is 1. The molecule has 1 rings (SSSR count). The molecule has 0 spiro atoms. The van der Waals surface area contributed by atoms with Gasteiger partial charge in [0.25, 0.3) is 0 Å². The van der Waals surface area contributed by atoms with E-state index in [0.29, 0.717) is 6.54 Å². The first-order chi connectivity index (χ1) is 8.49. The van der Waals surface area contributed by atoms with E-state index < -0.39 is 0 Å². The molecule has 3 nitrogen and oxygen atoms in total. The fourth-order valence-corrected chi connectivity index (χ4v) is 2.24. The molecule has 2 N–H and O–H groups in total. The molecular weight excluding hydrogens is 224 g/mol. The summed E-state index contributed by atoms with van der Waals surface area (Å²) < 4.78 is 0. The standard InChI is InChI=1S/C15H24N2O/c1-5-6-13(10-16)15(18)17(4)14-8-11(2)7-12(3)9-14/h7-9,13H,5-6,10,16H2,1-4H3. The van der Waals surface area contributed by atoms with Gasteiger partial charge in [0, 0.05) is 19.3 Å². The monoisotopic (exact) mass is 248 g/mol. The Bertz CT molecular complexity index is 395. The van der Waals surface area contributed by atoms with E-state index in [4.69, 9.17) is 5.73 Å². The van der Waals surface area contributed by atoms with Gasteiger partial charge in [0.15, 0.2) is 0 Å². The van der Waals surface area contributed by atoms with Crippen LogP contribution in [0.5, 0.6) is 0 Å². The number of hydrogen-bond donors (Lipinski definition) is 1. The van der Waals surface area contributed by atoms with Crippen LogP contribution in [0.3, 0.4) is 0 Å². The number of aryl methyl sites for hydroxylation is 2. The molecule has 1 amide bonds. The Morgan fingerprint density at radius 1 is 1.28 bits per heavy atom. The molecule has 0 aliphatic carbocycles. The summed E-state index contributed by atoms with van der Waals surface area (Å²) in [5.41, 5.74) is 8.98. The summed E-state index contributed by atoms with van der Waals surface area (Å²) in [6.45, 7) is 6.58. The third-order valence-corrected chi connectivity index (χ3v) is 3.20. The van der Waals surface area contributed by atoms with Crippen molar-refractivity contribution in [3.05, 3.63) is 29.3 Å². The molecule has 1 atom stereocenters. The van der Waals surface area contributed by atoms with Crippen LogP contribution in [0.2, 0.25) is 0 Å². The van der Waals surface area contributed by atoms with Gasteiger partial charge in [0.05, 0.1) is 5.92 Å². The molecule has 0 saturated carbocycles. The molecule has 3 heteroatoms. The van der Waals surface area contributed by atoms with Gasteiger partial charge < -0.3 is 10.6 Å². The normalized spacial score (nSPS) is 12.3. The zero-order valence-corrected chi connectivity index (χ0v) is 11.9. The van der Waals surface area contributed by atoms with Crippen molar-refractivity contribution in [2.75, 3.05) is 18.5 Å². The van der Waals surface area contributed by atoms with Crippen molar-refractivity contribution in [1.82, 2.24) is 0 Å². The van der Waals surface area contributed by atoms with E-state index in [2.05, 4.69) is 13.0 Å². The van der Waals surface area contributed by atoms with E-state index in [1.807, 2.05) is 33.0 Å². The number of benzene rings is 1. The minimum atomic E-state index is -0.0687. The van der Waals surface area contributed by atoms with Crippen LogP contribution in [0.1, 0.15) is 30.9 Å². The largest absolute Gasteiger partial charge is 0.330 e. The van der Waals surface area contributed by atoms with Gasteiger partial charge in [0.2, 0.25) is 5.91 Å². The van der Waals surface area contributed by atoms with Gasteiger partial charge in [0.1, 0.15) is 0 Å². The summed E-state index contributed by atoms with van der Waals surface area (Å²) >= 11 is 0. The summed E-state index contributed by atoms with van der Waals surface area (Å²) in [6, 6.07) is 6.17. The highest BCUT2D eigenvalue weighted by Gasteiger charge is 2.21. The van der Waals surface area contributed by atoms with Crippen LogP contribution in [0.4, 0.5) is 5.69 Å². The van der Waals surface area contributed by atoms with Crippen LogP contribution in [-0.4, -0.2) is 19.5 Å². The zero-order valence-electron chi connectivity index (χ0n) is 11.9. The van der Waals surface area contributed by atoms with E-state index in [-0.39, 0.29) is 11.8 Å². The second-order valence-electron chi connectivity index (χ2n) is 4.96. The van der Waals surface area contributed by atoms with Crippen molar-refractivity contribution in [2.24, 2.45) is 11.7 Å². The van der Waals surface area contributed by atoms with Crippen molar-refractivity contribution in [2.45, 2.75) is 33.6 Å². The van der Waals surface area contributed by atoms with Gasteiger partial charge in [-0.3, -0.25) is 4.79 Å². The number of amides is 1. The first-order valence-electron chi connectivity index (χ1n) is 6.55. The van der Waals surface area contributed by atoms with Gasteiger partial charge in [-0.1, -0.05) is 19.4 Å². The van der Waals surface area contributed by atoms with E-state index >= 15 is 0 Å². The molecule has 100 valence electrons. The van der Waals surface area contributed by atoms with E-state index in [0.717, 1.165) is 18.5 Å². The number of nitrogens with two attached hydrogens (primary N) is 1. The second-order valence-corrected chi connectivity index (χ2v) is 4.96. The molecule has 0 heterocycles. The first kappa shape index (κ1) is 14.7. The van der Waals surface area contributed by atoms with Gasteiger partial charge in [-0.25, -0.2) is 0 Å². The molecular formula is C15H24N2O. The average Bonchev–Trinajstić information content (AvgIpc) is 2.33. The van der Waals surface area contributed by atoms with Crippen molar-refractivity contribution >= 4 is 11.6 Å². The fourth-order valence-electron chi connectivity index (χ4n) is 2.24. The highest BCUT2D eigenvalue weighted by atomic mass is 16.2. The number of anilines is 1.